The van der Waals surface area contributed by atoms with Crippen molar-refractivity contribution in [3.8, 4) is 11.1 Å². The molecule has 0 radical (unpaired) electrons. The fourth-order valence-electron chi connectivity index (χ4n) is 3.16. The molecule has 1 unspecified atom stereocenters. The lowest BCUT2D eigenvalue weighted by Crippen LogP contribution is -2.42. The van der Waals surface area contributed by atoms with Crippen LogP contribution in [0.4, 0.5) is 19.3 Å². The quantitative estimate of drug-likeness (QED) is 0.624. The average Bonchev–Trinajstić information content (AvgIpc) is 2.76. The minimum absolute atomic E-state index is 0.0305. The third kappa shape index (κ3) is 5.64. The SMILES string of the molecule is O=C1OC(CCO)CCN1c1cccc(-c2ccc(F)cc2F)c1.c1ccccc1. The lowest BCUT2D eigenvalue weighted by molar-refractivity contribution is 0.0676. The summed E-state index contributed by atoms with van der Waals surface area (Å²) < 4.78 is 32.3. The number of rotatable bonds is 4. The topological polar surface area (TPSA) is 49.8 Å². The molecule has 3 aromatic rings. The molecule has 3 aromatic carbocycles. The Labute approximate surface area is 174 Å². The van der Waals surface area contributed by atoms with Crippen molar-refractivity contribution in [3.63, 3.8) is 0 Å². The van der Waals surface area contributed by atoms with Crippen molar-refractivity contribution >= 4 is 11.8 Å². The molecule has 1 fully saturated rings. The number of carbonyl (C=O) groups is 1. The molecule has 4 nitrogen and oxygen atoms in total. The van der Waals surface area contributed by atoms with E-state index in [9.17, 15) is 13.6 Å². The second-order valence-corrected chi connectivity index (χ2v) is 6.79. The van der Waals surface area contributed by atoms with E-state index in [0.29, 0.717) is 30.6 Å². The number of halogens is 2. The van der Waals surface area contributed by atoms with Gasteiger partial charge in [0.15, 0.2) is 0 Å². The van der Waals surface area contributed by atoms with Gasteiger partial charge in [0, 0.05) is 43.3 Å². The molecule has 0 aliphatic carbocycles. The number of benzene rings is 3. The van der Waals surface area contributed by atoms with Gasteiger partial charge < -0.3 is 9.84 Å². The number of cyclic esters (lactones) is 1. The van der Waals surface area contributed by atoms with Crippen LogP contribution in [0.15, 0.2) is 78.9 Å². The number of nitrogens with zero attached hydrogens (tertiary/aromatic N) is 1. The maximum atomic E-state index is 14.0. The standard InChI is InChI=1S/C18H17F2NO3.C6H6/c19-13-4-5-16(17(20)11-13)12-2-1-3-14(10-12)21-8-6-15(7-9-22)24-18(21)23;1-2-4-6-5-3-1/h1-5,10-11,15,22H,6-9H2;1-6H. The van der Waals surface area contributed by atoms with Crippen LogP contribution in [0.3, 0.4) is 0 Å². The Kier molecular flexibility index (Phi) is 7.51. The number of anilines is 1. The van der Waals surface area contributed by atoms with Crippen LogP contribution in [-0.4, -0.2) is 30.5 Å². The van der Waals surface area contributed by atoms with Crippen molar-refractivity contribution in [2.24, 2.45) is 0 Å². The van der Waals surface area contributed by atoms with Crippen molar-refractivity contribution in [3.05, 3.63) is 90.5 Å². The van der Waals surface area contributed by atoms with E-state index in [4.69, 9.17) is 9.84 Å². The van der Waals surface area contributed by atoms with E-state index in [0.717, 1.165) is 6.07 Å². The zero-order valence-corrected chi connectivity index (χ0v) is 16.4. The Morgan fingerprint density at radius 3 is 2.27 bits per heavy atom. The van der Waals surface area contributed by atoms with Gasteiger partial charge in [-0.1, -0.05) is 48.5 Å². The molecule has 156 valence electrons. The Morgan fingerprint density at radius 2 is 1.67 bits per heavy atom. The summed E-state index contributed by atoms with van der Waals surface area (Å²) >= 11 is 0. The summed E-state index contributed by atoms with van der Waals surface area (Å²) in [4.78, 5) is 13.6. The first-order valence-corrected chi connectivity index (χ1v) is 9.73. The van der Waals surface area contributed by atoms with Gasteiger partial charge >= 0.3 is 6.09 Å². The van der Waals surface area contributed by atoms with Crippen molar-refractivity contribution in [2.45, 2.75) is 18.9 Å². The van der Waals surface area contributed by atoms with Crippen LogP contribution >= 0.6 is 0 Å². The first-order valence-electron chi connectivity index (χ1n) is 9.73. The number of aliphatic hydroxyl groups excluding tert-OH is 1. The highest BCUT2D eigenvalue weighted by Crippen LogP contribution is 2.29. The molecule has 1 amide bonds. The number of ether oxygens (including phenoxy) is 1. The summed E-state index contributed by atoms with van der Waals surface area (Å²) in [6.07, 6.45) is 0.259. The van der Waals surface area contributed by atoms with Crippen molar-refractivity contribution in [1.82, 2.24) is 0 Å². The molecular weight excluding hydrogens is 388 g/mol. The van der Waals surface area contributed by atoms with Gasteiger partial charge in [-0.25, -0.2) is 13.6 Å². The van der Waals surface area contributed by atoms with Gasteiger partial charge in [0.25, 0.3) is 0 Å². The van der Waals surface area contributed by atoms with Crippen LogP contribution < -0.4 is 4.90 Å². The summed E-state index contributed by atoms with van der Waals surface area (Å²) in [7, 11) is 0. The van der Waals surface area contributed by atoms with E-state index in [2.05, 4.69) is 0 Å². The summed E-state index contributed by atoms with van der Waals surface area (Å²) in [5.41, 5.74) is 1.40. The summed E-state index contributed by atoms with van der Waals surface area (Å²) in [5, 5.41) is 8.93. The predicted octanol–water partition coefficient (Wildman–Crippen LogP) is 5.42. The fourth-order valence-corrected chi connectivity index (χ4v) is 3.16. The zero-order valence-electron chi connectivity index (χ0n) is 16.4. The lowest BCUT2D eigenvalue weighted by Gasteiger charge is -2.31. The Bertz CT molecular complexity index is 939. The van der Waals surface area contributed by atoms with Gasteiger partial charge in [0.2, 0.25) is 0 Å². The number of hydrogen-bond donors (Lipinski definition) is 1. The molecule has 1 atom stereocenters. The van der Waals surface area contributed by atoms with Gasteiger partial charge in [-0.05, 0) is 29.8 Å². The van der Waals surface area contributed by atoms with E-state index < -0.39 is 17.7 Å². The highest BCUT2D eigenvalue weighted by Gasteiger charge is 2.28. The molecule has 0 bridgehead atoms. The van der Waals surface area contributed by atoms with Crippen LogP contribution in [0.25, 0.3) is 11.1 Å². The van der Waals surface area contributed by atoms with E-state index in [1.165, 1.54) is 17.0 Å². The van der Waals surface area contributed by atoms with Gasteiger partial charge in [-0.3, -0.25) is 4.90 Å². The minimum Gasteiger partial charge on any atom is -0.446 e. The van der Waals surface area contributed by atoms with Crippen LogP contribution in [0, 0.1) is 11.6 Å². The molecular formula is C24H23F2NO3. The largest absolute Gasteiger partial charge is 0.446 e. The van der Waals surface area contributed by atoms with Gasteiger partial charge in [0.05, 0.1) is 0 Å². The Hall–Kier alpha value is -3.25. The smallest absolute Gasteiger partial charge is 0.414 e. The first kappa shape index (κ1) is 21.5. The molecule has 0 spiro atoms. The van der Waals surface area contributed by atoms with Crippen LogP contribution in [0.2, 0.25) is 0 Å². The van der Waals surface area contributed by atoms with Crippen LogP contribution in [0.5, 0.6) is 0 Å². The molecule has 0 saturated carbocycles. The molecule has 6 heteroatoms. The lowest BCUT2D eigenvalue weighted by atomic mass is 10.0. The Balaban J connectivity index is 0.000000367. The summed E-state index contributed by atoms with van der Waals surface area (Å²) in [6.45, 7) is 0.427. The maximum Gasteiger partial charge on any atom is 0.414 e. The molecule has 30 heavy (non-hydrogen) atoms. The maximum absolute atomic E-state index is 14.0. The average molecular weight is 411 g/mol. The summed E-state index contributed by atoms with van der Waals surface area (Å²) in [5.74, 6) is -1.29. The number of amides is 1. The number of hydrogen-bond acceptors (Lipinski definition) is 3. The Morgan fingerprint density at radius 1 is 0.967 bits per heavy atom. The normalized spacial score (nSPS) is 15.8. The molecule has 1 aliphatic rings. The summed E-state index contributed by atoms with van der Waals surface area (Å²) in [6, 6.07) is 22.2. The molecule has 0 aromatic heterocycles. The second-order valence-electron chi connectivity index (χ2n) is 6.79. The molecule has 1 saturated heterocycles. The molecule has 1 aliphatic heterocycles. The van der Waals surface area contributed by atoms with E-state index in [1.54, 1.807) is 24.3 Å². The van der Waals surface area contributed by atoms with Crippen molar-refractivity contribution < 1.29 is 23.4 Å². The third-order valence-corrected chi connectivity index (χ3v) is 4.68. The third-order valence-electron chi connectivity index (χ3n) is 4.68. The molecule has 1 N–H and O–H groups in total. The zero-order chi connectivity index (χ0) is 21.3. The van der Waals surface area contributed by atoms with Crippen LogP contribution in [-0.2, 0) is 4.74 Å². The number of carbonyl (C=O) groups excluding carboxylic acids is 1. The van der Waals surface area contributed by atoms with Gasteiger partial charge in [-0.15, -0.1) is 0 Å². The predicted molar refractivity (Wildman–Crippen MR) is 112 cm³/mol. The van der Waals surface area contributed by atoms with E-state index in [1.807, 2.05) is 36.4 Å². The monoisotopic (exact) mass is 411 g/mol. The van der Waals surface area contributed by atoms with Gasteiger partial charge in [-0.2, -0.15) is 0 Å². The number of aliphatic hydroxyl groups is 1. The highest BCUT2D eigenvalue weighted by molar-refractivity contribution is 5.89. The van der Waals surface area contributed by atoms with Crippen molar-refractivity contribution in [1.29, 1.82) is 0 Å². The van der Waals surface area contributed by atoms with Crippen LogP contribution in [0.1, 0.15) is 12.8 Å². The fraction of sp³-hybridized carbons (Fsp3) is 0.208. The first-order chi connectivity index (χ1) is 14.6. The molecule has 4 rings (SSSR count). The molecule has 1 heterocycles. The van der Waals surface area contributed by atoms with E-state index >= 15 is 0 Å². The second kappa shape index (κ2) is 10.5. The van der Waals surface area contributed by atoms with Gasteiger partial charge in [0.1, 0.15) is 17.7 Å². The van der Waals surface area contributed by atoms with E-state index in [-0.39, 0.29) is 18.3 Å². The van der Waals surface area contributed by atoms with Crippen molar-refractivity contribution in [2.75, 3.05) is 18.1 Å². The minimum atomic E-state index is -0.656. The highest BCUT2D eigenvalue weighted by atomic mass is 19.1.